The minimum atomic E-state index is -0.910. The summed E-state index contributed by atoms with van der Waals surface area (Å²) in [4.78, 5) is 30.0. The molecule has 2 heterocycles. The average Bonchev–Trinajstić information content (AvgIpc) is 2.53. The molecular weight excluding hydrogens is 314 g/mol. The summed E-state index contributed by atoms with van der Waals surface area (Å²) in [5, 5.41) is 2.92. The van der Waals surface area contributed by atoms with Gasteiger partial charge in [-0.25, -0.2) is 0 Å². The van der Waals surface area contributed by atoms with E-state index in [0.717, 1.165) is 18.8 Å². The van der Waals surface area contributed by atoms with Gasteiger partial charge >= 0.3 is 0 Å². The third-order valence-corrected chi connectivity index (χ3v) is 5.53. The van der Waals surface area contributed by atoms with Gasteiger partial charge in [0.15, 0.2) is 0 Å². The highest BCUT2D eigenvalue weighted by Gasteiger charge is 2.45. The number of hydrogen-bond donors (Lipinski definition) is 1. The standard InChI is InChI=1S/C20H29N3O2/c1-13-10-14(2)12-22(11-13)15(3)18(24)23-17-9-7-6-8-16(17)21-19(25)20(23,4)5/h6-9,13-15H,10-12H2,1-5H3,(H,21,25)/t13-,14-,15+/m1/s1. The van der Waals surface area contributed by atoms with Gasteiger partial charge in [-0.2, -0.15) is 0 Å². The molecule has 1 aromatic rings. The van der Waals surface area contributed by atoms with Gasteiger partial charge in [0.25, 0.3) is 0 Å². The monoisotopic (exact) mass is 343 g/mol. The maximum absolute atomic E-state index is 13.4. The van der Waals surface area contributed by atoms with Crippen molar-refractivity contribution in [2.24, 2.45) is 11.8 Å². The molecule has 5 nitrogen and oxygen atoms in total. The fourth-order valence-electron chi connectivity index (χ4n) is 4.22. The normalized spacial score (nSPS) is 27.4. The summed E-state index contributed by atoms with van der Waals surface area (Å²) in [6.45, 7) is 11.9. The van der Waals surface area contributed by atoms with Crippen LogP contribution in [-0.4, -0.2) is 41.4 Å². The van der Waals surface area contributed by atoms with Crippen LogP contribution >= 0.6 is 0 Å². The van der Waals surface area contributed by atoms with Gasteiger partial charge in [0, 0.05) is 13.1 Å². The van der Waals surface area contributed by atoms with E-state index in [1.807, 2.05) is 45.0 Å². The zero-order chi connectivity index (χ0) is 18.4. The van der Waals surface area contributed by atoms with Crippen molar-refractivity contribution in [1.29, 1.82) is 0 Å². The number of hydrogen-bond acceptors (Lipinski definition) is 3. The quantitative estimate of drug-likeness (QED) is 0.898. The molecule has 0 saturated carbocycles. The van der Waals surface area contributed by atoms with Crippen molar-refractivity contribution in [3.63, 3.8) is 0 Å². The van der Waals surface area contributed by atoms with E-state index in [1.54, 1.807) is 4.90 Å². The zero-order valence-electron chi connectivity index (χ0n) is 15.9. The third-order valence-electron chi connectivity index (χ3n) is 5.53. The fourth-order valence-corrected chi connectivity index (χ4v) is 4.22. The molecule has 2 amide bonds. The number of nitrogens with one attached hydrogen (secondary N) is 1. The number of likely N-dealkylation sites (tertiary alicyclic amines) is 1. The molecule has 0 spiro atoms. The minimum absolute atomic E-state index is 0.00593. The second-order valence-corrected chi connectivity index (χ2v) is 8.28. The Balaban J connectivity index is 1.93. The van der Waals surface area contributed by atoms with Gasteiger partial charge in [-0.05, 0) is 51.2 Å². The van der Waals surface area contributed by atoms with Crippen molar-refractivity contribution in [3.05, 3.63) is 24.3 Å². The van der Waals surface area contributed by atoms with Crippen LogP contribution in [0.25, 0.3) is 0 Å². The van der Waals surface area contributed by atoms with Crippen molar-refractivity contribution in [2.75, 3.05) is 23.3 Å². The van der Waals surface area contributed by atoms with E-state index in [-0.39, 0.29) is 17.9 Å². The number of amides is 2. The number of anilines is 2. The highest BCUT2D eigenvalue weighted by Crippen LogP contribution is 2.37. The van der Waals surface area contributed by atoms with E-state index in [2.05, 4.69) is 24.1 Å². The third kappa shape index (κ3) is 3.17. The highest BCUT2D eigenvalue weighted by atomic mass is 16.2. The summed E-state index contributed by atoms with van der Waals surface area (Å²) < 4.78 is 0. The second-order valence-electron chi connectivity index (χ2n) is 8.28. The van der Waals surface area contributed by atoms with Crippen LogP contribution in [0, 0.1) is 11.8 Å². The molecule has 0 radical (unpaired) electrons. The zero-order valence-corrected chi connectivity index (χ0v) is 15.9. The van der Waals surface area contributed by atoms with E-state index in [4.69, 9.17) is 0 Å². The van der Waals surface area contributed by atoms with Crippen LogP contribution in [0.4, 0.5) is 11.4 Å². The average molecular weight is 343 g/mol. The number of carbonyl (C=O) groups excluding carboxylic acids is 2. The topological polar surface area (TPSA) is 52.7 Å². The van der Waals surface area contributed by atoms with Gasteiger partial charge in [0.05, 0.1) is 17.4 Å². The van der Waals surface area contributed by atoms with Crippen molar-refractivity contribution in [3.8, 4) is 0 Å². The Morgan fingerprint density at radius 2 is 1.80 bits per heavy atom. The fraction of sp³-hybridized carbons (Fsp3) is 0.600. The molecule has 0 aliphatic carbocycles. The summed E-state index contributed by atoms with van der Waals surface area (Å²) in [7, 11) is 0. The Morgan fingerprint density at radius 3 is 2.44 bits per heavy atom. The number of benzene rings is 1. The molecule has 136 valence electrons. The maximum Gasteiger partial charge on any atom is 0.250 e. The summed E-state index contributed by atoms with van der Waals surface area (Å²) >= 11 is 0. The van der Waals surface area contributed by atoms with Crippen LogP contribution in [0.3, 0.4) is 0 Å². The highest BCUT2D eigenvalue weighted by molar-refractivity contribution is 6.15. The smallest absolute Gasteiger partial charge is 0.250 e. The Labute approximate surface area is 150 Å². The van der Waals surface area contributed by atoms with Gasteiger partial charge in [-0.15, -0.1) is 0 Å². The van der Waals surface area contributed by atoms with Gasteiger partial charge in [-0.3, -0.25) is 19.4 Å². The number of rotatable bonds is 2. The Hall–Kier alpha value is -1.88. The number of para-hydroxylation sites is 2. The van der Waals surface area contributed by atoms with Crippen molar-refractivity contribution in [2.45, 2.75) is 52.6 Å². The molecule has 2 aliphatic heterocycles. The summed E-state index contributed by atoms with van der Waals surface area (Å²) in [6, 6.07) is 7.28. The van der Waals surface area contributed by atoms with Gasteiger partial charge < -0.3 is 5.32 Å². The van der Waals surface area contributed by atoms with Crippen molar-refractivity contribution >= 4 is 23.2 Å². The van der Waals surface area contributed by atoms with Gasteiger partial charge in [-0.1, -0.05) is 26.0 Å². The summed E-state index contributed by atoms with van der Waals surface area (Å²) in [6.07, 6.45) is 1.21. The first-order valence-corrected chi connectivity index (χ1v) is 9.20. The van der Waals surface area contributed by atoms with Gasteiger partial charge in [0.2, 0.25) is 11.8 Å². The van der Waals surface area contributed by atoms with Crippen molar-refractivity contribution in [1.82, 2.24) is 4.90 Å². The minimum Gasteiger partial charge on any atom is -0.322 e. The van der Waals surface area contributed by atoms with E-state index < -0.39 is 5.54 Å². The Morgan fingerprint density at radius 1 is 1.20 bits per heavy atom. The largest absolute Gasteiger partial charge is 0.322 e. The molecule has 1 fully saturated rings. The molecule has 0 unspecified atom stereocenters. The van der Waals surface area contributed by atoms with E-state index >= 15 is 0 Å². The molecule has 5 heteroatoms. The first-order valence-electron chi connectivity index (χ1n) is 9.20. The lowest BCUT2D eigenvalue weighted by Crippen LogP contribution is -2.62. The summed E-state index contributed by atoms with van der Waals surface area (Å²) in [5.41, 5.74) is 0.571. The molecule has 2 aliphatic rings. The molecule has 1 saturated heterocycles. The predicted octanol–water partition coefficient (Wildman–Crippen LogP) is 3.12. The van der Waals surface area contributed by atoms with Crippen LogP contribution in [0.2, 0.25) is 0 Å². The SMILES string of the molecule is C[C@@H]1C[C@@H](C)CN([C@@H](C)C(=O)N2c3ccccc3NC(=O)C2(C)C)C1. The molecular formula is C20H29N3O2. The molecule has 3 rings (SSSR count). The van der Waals surface area contributed by atoms with Crippen LogP contribution in [0.5, 0.6) is 0 Å². The number of piperidine rings is 1. The second kappa shape index (κ2) is 6.45. The van der Waals surface area contributed by atoms with Crippen molar-refractivity contribution < 1.29 is 9.59 Å². The molecule has 3 atom stereocenters. The molecule has 25 heavy (non-hydrogen) atoms. The molecule has 1 N–H and O–H groups in total. The van der Waals surface area contributed by atoms with Crippen LogP contribution in [-0.2, 0) is 9.59 Å². The predicted molar refractivity (Wildman–Crippen MR) is 101 cm³/mol. The maximum atomic E-state index is 13.4. The first-order chi connectivity index (χ1) is 11.7. The Bertz CT molecular complexity index is 675. The molecule has 0 aromatic heterocycles. The molecule has 0 bridgehead atoms. The van der Waals surface area contributed by atoms with Crippen LogP contribution < -0.4 is 10.2 Å². The lowest BCUT2D eigenvalue weighted by molar-refractivity contribution is -0.129. The van der Waals surface area contributed by atoms with Gasteiger partial charge in [0.1, 0.15) is 5.54 Å². The van der Waals surface area contributed by atoms with Crippen LogP contribution in [0.15, 0.2) is 24.3 Å². The first kappa shape index (κ1) is 17.9. The Kier molecular flexibility index (Phi) is 4.62. The molecule has 1 aromatic carbocycles. The number of nitrogens with zero attached hydrogens (tertiary/aromatic N) is 2. The van der Waals surface area contributed by atoms with E-state index in [1.165, 1.54) is 6.42 Å². The number of fused-ring (bicyclic) bond motifs is 1. The van der Waals surface area contributed by atoms with E-state index in [0.29, 0.717) is 17.5 Å². The van der Waals surface area contributed by atoms with E-state index in [9.17, 15) is 9.59 Å². The lowest BCUT2D eigenvalue weighted by Gasteiger charge is -2.45. The lowest BCUT2D eigenvalue weighted by atomic mass is 9.90. The van der Waals surface area contributed by atoms with Crippen LogP contribution in [0.1, 0.15) is 41.0 Å². The number of carbonyl (C=O) groups is 2. The summed E-state index contributed by atoms with van der Waals surface area (Å²) in [5.74, 6) is 1.02.